The first-order chi connectivity index (χ1) is 17.4. The third-order valence-electron chi connectivity index (χ3n) is 5.75. The maximum absolute atomic E-state index is 12.1. The molecule has 0 fully saturated rings. The van der Waals surface area contributed by atoms with Crippen molar-refractivity contribution in [2.75, 3.05) is 39.4 Å². The second kappa shape index (κ2) is 19.1. The van der Waals surface area contributed by atoms with Crippen LogP contribution in [0.15, 0.2) is 12.1 Å². The van der Waals surface area contributed by atoms with E-state index in [9.17, 15) is 9.59 Å². The highest BCUT2D eigenvalue weighted by Crippen LogP contribution is 2.32. The largest absolute Gasteiger partial charge is 0.488 e. The van der Waals surface area contributed by atoms with E-state index in [4.69, 9.17) is 32.4 Å². The van der Waals surface area contributed by atoms with Crippen molar-refractivity contribution >= 4 is 24.4 Å². The van der Waals surface area contributed by atoms with Gasteiger partial charge in [-0.2, -0.15) is 12.6 Å². The molecule has 10 N–H and O–H groups in total. The molecule has 0 aliphatic heterocycles. The van der Waals surface area contributed by atoms with Crippen molar-refractivity contribution in [1.82, 2.24) is 10.6 Å². The molecule has 2 amide bonds. The van der Waals surface area contributed by atoms with Gasteiger partial charge in [0.1, 0.15) is 13.2 Å². The predicted octanol–water partition coefficient (Wildman–Crippen LogP) is 0.581. The molecule has 11 heteroatoms. The Morgan fingerprint density at radius 2 is 1.28 bits per heavy atom. The molecule has 0 radical (unpaired) electrons. The molecule has 0 aromatic heterocycles. The fourth-order valence-corrected chi connectivity index (χ4v) is 3.85. The number of benzene rings is 1. The lowest BCUT2D eigenvalue weighted by Crippen LogP contribution is -2.42. The monoisotopic (exact) mass is 526 g/mol. The van der Waals surface area contributed by atoms with Gasteiger partial charge in [-0.25, -0.2) is 0 Å². The number of hydrogen-bond acceptors (Lipinski definition) is 9. The first kappa shape index (κ1) is 32.0. The summed E-state index contributed by atoms with van der Waals surface area (Å²) < 4.78 is 11.9. The lowest BCUT2D eigenvalue weighted by atomic mass is 10.1. The maximum Gasteiger partial charge on any atom is 0.237 e. The van der Waals surface area contributed by atoms with Crippen LogP contribution in [-0.4, -0.2) is 63.3 Å². The fraction of sp³-hybridized carbons (Fsp3) is 0.680. The van der Waals surface area contributed by atoms with Crippen LogP contribution in [0.2, 0.25) is 0 Å². The molecule has 0 bridgehead atoms. The maximum atomic E-state index is 12.1. The van der Waals surface area contributed by atoms with E-state index < -0.39 is 12.1 Å². The topological polar surface area (TPSA) is 181 Å². The van der Waals surface area contributed by atoms with Crippen molar-refractivity contribution < 1.29 is 19.1 Å². The van der Waals surface area contributed by atoms with Gasteiger partial charge in [0.05, 0.1) is 25.2 Å². The van der Waals surface area contributed by atoms with Gasteiger partial charge in [0.25, 0.3) is 0 Å². The number of carbonyl (C=O) groups excluding carboxylic acids is 2. The second-order valence-corrected chi connectivity index (χ2v) is 8.96. The van der Waals surface area contributed by atoms with Crippen molar-refractivity contribution in [2.45, 2.75) is 69.7 Å². The van der Waals surface area contributed by atoms with E-state index in [1.165, 1.54) is 0 Å². The molecule has 0 aliphatic rings. The SMILES string of the molecule is CCc1cc(OCCNC(=O)[C@@H](N)CCCCN)c(OCCNC(=O)[C@@H](N)CCCCN)cc1CS. The fourth-order valence-electron chi connectivity index (χ4n) is 3.56. The first-order valence-electron chi connectivity index (χ1n) is 12.9. The summed E-state index contributed by atoms with van der Waals surface area (Å²) in [4.78, 5) is 24.3. The van der Waals surface area contributed by atoms with Crippen molar-refractivity contribution in [1.29, 1.82) is 0 Å². The van der Waals surface area contributed by atoms with Crippen LogP contribution in [0.25, 0.3) is 0 Å². The minimum Gasteiger partial charge on any atom is -0.488 e. The Morgan fingerprint density at radius 1 is 0.833 bits per heavy atom. The third-order valence-corrected chi connectivity index (χ3v) is 6.09. The molecular formula is C25H46N6O4S. The van der Waals surface area contributed by atoms with Crippen molar-refractivity contribution in [2.24, 2.45) is 22.9 Å². The van der Waals surface area contributed by atoms with E-state index in [1.54, 1.807) is 0 Å². The van der Waals surface area contributed by atoms with E-state index in [1.807, 2.05) is 12.1 Å². The number of hydrogen-bond donors (Lipinski definition) is 7. The molecular weight excluding hydrogens is 480 g/mol. The summed E-state index contributed by atoms with van der Waals surface area (Å²) in [6.07, 6.45) is 5.35. The van der Waals surface area contributed by atoms with Crippen LogP contribution in [-0.2, 0) is 21.8 Å². The van der Waals surface area contributed by atoms with Crippen LogP contribution in [0.3, 0.4) is 0 Å². The number of unbranched alkanes of at least 4 members (excludes halogenated alkanes) is 2. The Kier molecular flexibility index (Phi) is 17.0. The average molecular weight is 527 g/mol. The van der Waals surface area contributed by atoms with Gasteiger partial charge in [0, 0.05) is 5.75 Å². The van der Waals surface area contributed by atoms with Crippen LogP contribution in [0.4, 0.5) is 0 Å². The lowest BCUT2D eigenvalue weighted by Gasteiger charge is -2.18. The van der Waals surface area contributed by atoms with Gasteiger partial charge >= 0.3 is 0 Å². The number of thiol groups is 1. The summed E-state index contributed by atoms with van der Waals surface area (Å²) >= 11 is 4.43. The van der Waals surface area contributed by atoms with Gasteiger partial charge in [-0.1, -0.05) is 19.8 Å². The number of ether oxygens (including phenoxy) is 2. The Hall–Kier alpha value is -2.05. The quantitative estimate of drug-likeness (QED) is 0.0951. The van der Waals surface area contributed by atoms with Crippen molar-refractivity contribution in [3.8, 4) is 11.5 Å². The molecule has 0 saturated heterocycles. The zero-order valence-electron chi connectivity index (χ0n) is 21.6. The zero-order chi connectivity index (χ0) is 26.8. The summed E-state index contributed by atoms with van der Waals surface area (Å²) in [6, 6.07) is 2.74. The van der Waals surface area contributed by atoms with Gasteiger partial charge in [0.2, 0.25) is 11.8 Å². The van der Waals surface area contributed by atoms with Crippen molar-refractivity contribution in [3.05, 3.63) is 23.3 Å². The number of amides is 2. The smallest absolute Gasteiger partial charge is 0.237 e. The predicted molar refractivity (Wildman–Crippen MR) is 147 cm³/mol. The highest BCUT2D eigenvalue weighted by Gasteiger charge is 2.15. The zero-order valence-corrected chi connectivity index (χ0v) is 22.5. The average Bonchev–Trinajstić information content (AvgIpc) is 2.88. The molecule has 2 atom stereocenters. The molecule has 0 unspecified atom stereocenters. The molecule has 0 heterocycles. The Morgan fingerprint density at radius 3 is 1.67 bits per heavy atom. The van der Waals surface area contributed by atoms with Gasteiger partial charge in [-0.15, -0.1) is 0 Å². The summed E-state index contributed by atoms with van der Waals surface area (Å²) in [6.45, 7) is 4.38. The molecule has 0 aliphatic carbocycles. The van der Waals surface area contributed by atoms with E-state index in [0.717, 1.165) is 43.2 Å². The number of carbonyl (C=O) groups is 2. The van der Waals surface area contributed by atoms with Crippen LogP contribution in [0, 0.1) is 0 Å². The molecule has 1 rings (SSSR count). The Balaban J connectivity index is 2.60. The standard InChI is InChI=1S/C25H46N6O4S/c1-2-18-15-22(34-13-11-30-24(32)20(28)7-3-5-9-26)23(16-19(18)17-36)35-14-12-31-25(33)21(29)8-4-6-10-27/h15-16,20-21,36H,2-14,17,26-29H2,1H3,(H,30,32)(H,31,33)/t20-,21-/m0/s1. The molecule has 1 aromatic rings. The summed E-state index contributed by atoms with van der Waals surface area (Å²) in [5.74, 6) is 1.28. The molecule has 10 nitrogen and oxygen atoms in total. The number of aryl methyl sites for hydroxylation is 1. The van der Waals surface area contributed by atoms with E-state index in [0.29, 0.717) is 56.3 Å². The summed E-state index contributed by atoms with van der Waals surface area (Å²) in [5.41, 5.74) is 25.0. The van der Waals surface area contributed by atoms with E-state index >= 15 is 0 Å². The van der Waals surface area contributed by atoms with Crippen LogP contribution in [0.1, 0.15) is 56.6 Å². The molecule has 36 heavy (non-hydrogen) atoms. The molecule has 206 valence electrons. The van der Waals surface area contributed by atoms with Gasteiger partial charge in [-0.3, -0.25) is 9.59 Å². The summed E-state index contributed by atoms with van der Waals surface area (Å²) in [7, 11) is 0. The van der Waals surface area contributed by atoms with E-state index in [-0.39, 0.29) is 25.0 Å². The number of nitrogens with one attached hydrogen (secondary N) is 2. The van der Waals surface area contributed by atoms with Gasteiger partial charge < -0.3 is 43.0 Å². The number of rotatable bonds is 20. The Labute approximate surface area is 221 Å². The second-order valence-electron chi connectivity index (χ2n) is 8.64. The number of nitrogens with two attached hydrogens (primary N) is 4. The highest BCUT2D eigenvalue weighted by atomic mass is 32.1. The van der Waals surface area contributed by atoms with Crippen LogP contribution < -0.4 is 43.0 Å². The normalized spacial score (nSPS) is 12.6. The minimum atomic E-state index is -0.556. The van der Waals surface area contributed by atoms with Crippen LogP contribution >= 0.6 is 12.6 Å². The third kappa shape index (κ3) is 12.3. The lowest BCUT2D eigenvalue weighted by molar-refractivity contribution is -0.123. The molecule has 1 aromatic carbocycles. The minimum absolute atomic E-state index is 0.205. The van der Waals surface area contributed by atoms with Crippen LogP contribution in [0.5, 0.6) is 11.5 Å². The molecule has 0 saturated carbocycles. The van der Waals surface area contributed by atoms with Gasteiger partial charge in [0.15, 0.2) is 11.5 Å². The summed E-state index contributed by atoms with van der Waals surface area (Å²) in [5, 5.41) is 5.61. The highest BCUT2D eigenvalue weighted by molar-refractivity contribution is 7.79. The molecule has 0 spiro atoms. The Bertz CT molecular complexity index is 720. The van der Waals surface area contributed by atoms with Crippen molar-refractivity contribution in [3.63, 3.8) is 0 Å². The first-order valence-corrected chi connectivity index (χ1v) is 13.5. The van der Waals surface area contributed by atoms with Gasteiger partial charge in [-0.05, 0) is 68.5 Å². The van der Waals surface area contributed by atoms with E-state index in [2.05, 4.69) is 30.2 Å².